The van der Waals surface area contributed by atoms with Gasteiger partial charge < -0.3 is 39.9 Å². The van der Waals surface area contributed by atoms with Gasteiger partial charge in [0.25, 0.3) is 0 Å². The number of amides is 4. The van der Waals surface area contributed by atoms with Crippen molar-refractivity contribution >= 4 is 40.5 Å². The minimum absolute atomic E-state index is 0.0675. The van der Waals surface area contributed by atoms with Gasteiger partial charge in [0.1, 0.15) is 29.0 Å². The molecular weight excluding hydrogens is 626 g/mol. The smallest absolute Gasteiger partial charge is 0.408 e. The zero-order chi connectivity index (χ0) is 35.3. The van der Waals surface area contributed by atoms with Gasteiger partial charge in [0, 0.05) is 42.8 Å². The standard InChI is InChI=1S/C36H45N7O6/c1-35(2,3)49-34(47)41-36(4,5)33(46)39-28(19-24-20-37-27-12-8-7-11-26(24)27)31(44)40-29-21-43(22-38-29)30(32(45)42-17-9-10-18-42)23-13-15-25(48-6)16-14-23/h7-8,11-16,20-22,28,30,37H,9-10,17-19H2,1-6H3,(H,39,46)(H,40,44)(H,41,47)/t28-,30?/m1/s1. The number of para-hydroxylation sites is 1. The topological polar surface area (TPSA) is 160 Å². The molecule has 2 aromatic carbocycles. The third-order valence-electron chi connectivity index (χ3n) is 8.34. The lowest BCUT2D eigenvalue weighted by molar-refractivity contribution is -0.132. The number of aromatic nitrogens is 3. The number of hydrogen-bond acceptors (Lipinski definition) is 7. The summed E-state index contributed by atoms with van der Waals surface area (Å²) in [7, 11) is 1.58. The lowest BCUT2D eigenvalue weighted by Crippen LogP contribution is -2.59. The Morgan fingerprint density at radius 1 is 0.980 bits per heavy atom. The molecule has 0 spiro atoms. The van der Waals surface area contributed by atoms with Gasteiger partial charge in [-0.3, -0.25) is 14.4 Å². The number of carbonyl (C=O) groups excluding carboxylic acids is 4. The van der Waals surface area contributed by atoms with E-state index in [1.807, 2.05) is 41.3 Å². The molecular formula is C36H45N7O6. The first kappa shape index (κ1) is 35.0. The quantitative estimate of drug-likeness (QED) is 0.182. The molecule has 0 saturated carbocycles. The number of nitrogens with zero attached hydrogens (tertiary/aromatic N) is 3. The summed E-state index contributed by atoms with van der Waals surface area (Å²) in [5.41, 5.74) is 0.279. The first-order chi connectivity index (χ1) is 23.2. The molecule has 1 aliphatic heterocycles. The first-order valence-electron chi connectivity index (χ1n) is 16.4. The lowest BCUT2D eigenvalue weighted by atomic mass is 10.0. The molecule has 2 atom stereocenters. The highest BCUT2D eigenvalue weighted by Crippen LogP contribution is 2.27. The van der Waals surface area contributed by atoms with Crippen molar-refractivity contribution in [3.05, 3.63) is 78.4 Å². The van der Waals surface area contributed by atoms with Crippen molar-refractivity contribution in [2.24, 2.45) is 0 Å². The summed E-state index contributed by atoms with van der Waals surface area (Å²) in [6, 6.07) is 13.2. The van der Waals surface area contributed by atoms with Crippen LogP contribution in [-0.2, 0) is 25.5 Å². The first-order valence-corrected chi connectivity index (χ1v) is 16.4. The Morgan fingerprint density at radius 2 is 1.67 bits per heavy atom. The van der Waals surface area contributed by atoms with Crippen molar-refractivity contribution in [1.82, 2.24) is 30.1 Å². The van der Waals surface area contributed by atoms with Crippen LogP contribution in [0.4, 0.5) is 10.6 Å². The number of carbonyl (C=O) groups is 4. The highest BCUT2D eigenvalue weighted by Gasteiger charge is 2.35. The lowest BCUT2D eigenvalue weighted by Gasteiger charge is -2.29. The number of ether oxygens (including phenoxy) is 2. The van der Waals surface area contributed by atoms with Crippen LogP contribution < -0.4 is 20.7 Å². The molecule has 5 rings (SSSR count). The molecule has 0 aliphatic carbocycles. The molecule has 13 heteroatoms. The minimum atomic E-state index is -1.41. The molecule has 49 heavy (non-hydrogen) atoms. The number of alkyl carbamates (subject to hydrolysis) is 1. The van der Waals surface area contributed by atoms with E-state index in [0.29, 0.717) is 18.8 Å². The Morgan fingerprint density at radius 3 is 2.35 bits per heavy atom. The van der Waals surface area contributed by atoms with Crippen molar-refractivity contribution in [2.45, 2.75) is 77.1 Å². The van der Waals surface area contributed by atoms with E-state index in [0.717, 1.165) is 34.9 Å². The van der Waals surface area contributed by atoms with Gasteiger partial charge in [0.15, 0.2) is 5.82 Å². The molecule has 0 bridgehead atoms. The highest BCUT2D eigenvalue weighted by atomic mass is 16.6. The number of nitrogens with one attached hydrogen (secondary N) is 4. The van der Waals surface area contributed by atoms with E-state index in [4.69, 9.17) is 9.47 Å². The predicted octanol–water partition coefficient (Wildman–Crippen LogP) is 4.55. The molecule has 2 aromatic heterocycles. The van der Waals surface area contributed by atoms with Crippen LogP contribution in [0.1, 0.15) is 64.6 Å². The second-order valence-corrected chi connectivity index (χ2v) is 13.7. The Labute approximate surface area is 285 Å². The monoisotopic (exact) mass is 671 g/mol. The number of benzene rings is 2. The van der Waals surface area contributed by atoms with Crippen LogP contribution in [0.3, 0.4) is 0 Å². The van der Waals surface area contributed by atoms with Crippen molar-refractivity contribution in [3.8, 4) is 5.75 Å². The fraction of sp³-hybridized carbons (Fsp3) is 0.417. The molecule has 13 nitrogen and oxygen atoms in total. The Kier molecular flexibility index (Phi) is 10.3. The van der Waals surface area contributed by atoms with Gasteiger partial charge in [-0.1, -0.05) is 30.3 Å². The van der Waals surface area contributed by atoms with E-state index in [1.54, 1.807) is 57.0 Å². The van der Waals surface area contributed by atoms with Gasteiger partial charge >= 0.3 is 6.09 Å². The second-order valence-electron chi connectivity index (χ2n) is 13.7. The summed E-state index contributed by atoms with van der Waals surface area (Å²) in [4.78, 5) is 63.3. The summed E-state index contributed by atoms with van der Waals surface area (Å²) in [5, 5.41) is 9.17. The highest BCUT2D eigenvalue weighted by molar-refractivity contribution is 5.99. The third-order valence-corrected chi connectivity index (χ3v) is 8.34. The molecule has 4 aromatic rings. The molecule has 3 heterocycles. The van der Waals surface area contributed by atoms with Crippen LogP contribution in [0.2, 0.25) is 0 Å². The van der Waals surface area contributed by atoms with Crippen LogP contribution >= 0.6 is 0 Å². The largest absolute Gasteiger partial charge is 0.497 e. The van der Waals surface area contributed by atoms with E-state index in [-0.39, 0.29) is 18.1 Å². The van der Waals surface area contributed by atoms with Gasteiger partial charge in [-0.25, -0.2) is 9.78 Å². The molecule has 1 unspecified atom stereocenters. The number of anilines is 1. The summed E-state index contributed by atoms with van der Waals surface area (Å²) in [6.45, 7) is 9.60. The Balaban J connectivity index is 1.39. The van der Waals surface area contributed by atoms with Gasteiger partial charge in [0.05, 0.1) is 13.4 Å². The van der Waals surface area contributed by atoms with Gasteiger partial charge in [-0.15, -0.1) is 0 Å². The molecule has 0 radical (unpaired) electrons. The molecule has 4 amide bonds. The summed E-state index contributed by atoms with van der Waals surface area (Å²) in [5.74, 6) is -0.296. The number of H-pyrrole nitrogens is 1. The van der Waals surface area contributed by atoms with Crippen LogP contribution in [0, 0.1) is 0 Å². The fourth-order valence-electron chi connectivity index (χ4n) is 5.78. The minimum Gasteiger partial charge on any atom is -0.497 e. The predicted molar refractivity (Wildman–Crippen MR) is 185 cm³/mol. The van der Waals surface area contributed by atoms with E-state index in [9.17, 15) is 19.2 Å². The normalized spacial score (nSPS) is 14.6. The van der Waals surface area contributed by atoms with Crippen LogP contribution in [0.25, 0.3) is 10.9 Å². The van der Waals surface area contributed by atoms with Crippen molar-refractivity contribution in [1.29, 1.82) is 0 Å². The average molecular weight is 672 g/mol. The molecule has 1 aliphatic rings. The Bertz CT molecular complexity index is 1800. The number of aromatic amines is 1. The van der Waals surface area contributed by atoms with Crippen molar-refractivity contribution in [3.63, 3.8) is 0 Å². The van der Waals surface area contributed by atoms with Crippen LogP contribution in [-0.4, -0.2) is 80.6 Å². The number of hydrogen-bond donors (Lipinski definition) is 4. The van der Waals surface area contributed by atoms with Gasteiger partial charge in [-0.2, -0.15) is 0 Å². The maximum absolute atomic E-state index is 13.9. The van der Waals surface area contributed by atoms with Crippen LogP contribution in [0.5, 0.6) is 5.75 Å². The second kappa shape index (κ2) is 14.4. The summed E-state index contributed by atoms with van der Waals surface area (Å²) >= 11 is 0. The zero-order valence-electron chi connectivity index (χ0n) is 28.8. The maximum atomic E-state index is 13.9. The van der Waals surface area contributed by atoms with Crippen molar-refractivity contribution in [2.75, 3.05) is 25.5 Å². The zero-order valence-corrected chi connectivity index (χ0v) is 28.8. The number of likely N-dealkylation sites (tertiary alicyclic amines) is 1. The number of rotatable bonds is 11. The van der Waals surface area contributed by atoms with E-state index < -0.39 is 41.1 Å². The molecule has 1 saturated heterocycles. The number of methoxy groups -OCH3 is 1. The van der Waals surface area contributed by atoms with E-state index in [1.165, 1.54) is 20.2 Å². The third kappa shape index (κ3) is 8.59. The summed E-state index contributed by atoms with van der Waals surface area (Å²) in [6.07, 6.45) is 6.20. The molecule has 1 fully saturated rings. The maximum Gasteiger partial charge on any atom is 0.408 e. The summed E-state index contributed by atoms with van der Waals surface area (Å²) < 4.78 is 12.3. The van der Waals surface area contributed by atoms with Crippen LogP contribution in [0.15, 0.2) is 67.3 Å². The van der Waals surface area contributed by atoms with E-state index in [2.05, 4.69) is 25.9 Å². The van der Waals surface area contributed by atoms with Gasteiger partial charge in [0.2, 0.25) is 17.7 Å². The van der Waals surface area contributed by atoms with Gasteiger partial charge in [-0.05, 0) is 76.8 Å². The fourth-order valence-corrected chi connectivity index (χ4v) is 5.78. The average Bonchev–Trinajstić information content (AvgIpc) is 3.82. The number of fused-ring (bicyclic) bond motifs is 1. The Hall–Kier alpha value is -5.33. The number of imidazole rings is 1. The van der Waals surface area contributed by atoms with Crippen molar-refractivity contribution < 1.29 is 28.7 Å². The molecule has 4 N–H and O–H groups in total. The SMILES string of the molecule is COc1ccc(C(C(=O)N2CCCC2)n2cnc(NC(=O)[C@@H](Cc3c[nH]c4ccccc34)NC(=O)C(C)(C)NC(=O)OC(C)(C)C)c2)cc1. The molecule has 260 valence electrons. The van der Waals surface area contributed by atoms with E-state index >= 15 is 0 Å².